The third-order valence-electron chi connectivity index (χ3n) is 3.17. The first kappa shape index (κ1) is 13.8. The molecule has 0 bridgehead atoms. The maximum atomic E-state index is 11.3. The maximum absolute atomic E-state index is 11.3. The molecule has 1 aliphatic rings. The van der Waals surface area contributed by atoms with Gasteiger partial charge in [-0.15, -0.1) is 0 Å². The number of benzene rings is 1. The lowest BCUT2D eigenvalue weighted by Crippen LogP contribution is -2.42. The molecule has 0 radical (unpaired) electrons. The lowest BCUT2D eigenvalue weighted by atomic mass is 9.88. The molecule has 1 amide bonds. The predicted molar refractivity (Wildman–Crippen MR) is 78.0 cm³/mol. The van der Waals surface area contributed by atoms with Crippen LogP contribution in [-0.2, 0) is 11.2 Å². The molecular formula is C14H18N2O2S. The first-order valence-electron chi connectivity index (χ1n) is 6.52. The monoisotopic (exact) mass is 278 g/mol. The van der Waals surface area contributed by atoms with E-state index in [0.29, 0.717) is 11.7 Å². The molecule has 2 N–H and O–H groups in total. The molecule has 1 atom stereocenters. The normalized spacial score (nSPS) is 17.2. The van der Waals surface area contributed by atoms with Gasteiger partial charge in [0, 0.05) is 0 Å². The molecule has 1 aliphatic carbocycles. The average molecular weight is 278 g/mol. The lowest BCUT2D eigenvalue weighted by Gasteiger charge is -2.27. The summed E-state index contributed by atoms with van der Waals surface area (Å²) in [5.41, 5.74) is 2.62. The minimum atomic E-state index is -0.510. The van der Waals surface area contributed by atoms with Gasteiger partial charge in [0.15, 0.2) is 5.11 Å². The van der Waals surface area contributed by atoms with Crippen molar-refractivity contribution in [3.63, 3.8) is 0 Å². The number of thiocarbonyl (C=S) groups is 1. The van der Waals surface area contributed by atoms with Crippen LogP contribution in [0.4, 0.5) is 4.79 Å². The van der Waals surface area contributed by atoms with Crippen LogP contribution in [0.5, 0.6) is 0 Å². The van der Waals surface area contributed by atoms with Crippen molar-refractivity contribution in [2.45, 2.75) is 32.2 Å². The average Bonchev–Trinajstić information content (AvgIpc) is 2.39. The zero-order chi connectivity index (χ0) is 13.7. The summed E-state index contributed by atoms with van der Waals surface area (Å²) in [4.78, 5) is 11.3. The van der Waals surface area contributed by atoms with Crippen LogP contribution < -0.4 is 10.6 Å². The van der Waals surface area contributed by atoms with Crippen molar-refractivity contribution in [3.05, 3.63) is 35.4 Å². The number of alkyl carbamates (subject to hydrolysis) is 1. The van der Waals surface area contributed by atoms with Crippen molar-refractivity contribution in [1.82, 2.24) is 10.6 Å². The van der Waals surface area contributed by atoms with Gasteiger partial charge in [-0.05, 0) is 49.5 Å². The zero-order valence-electron chi connectivity index (χ0n) is 10.9. The highest BCUT2D eigenvalue weighted by molar-refractivity contribution is 7.80. The van der Waals surface area contributed by atoms with Crippen LogP contribution in [0.1, 0.15) is 36.9 Å². The minimum Gasteiger partial charge on any atom is -0.450 e. The van der Waals surface area contributed by atoms with Crippen molar-refractivity contribution in [1.29, 1.82) is 0 Å². The molecule has 1 aromatic carbocycles. The largest absolute Gasteiger partial charge is 0.450 e. The fraction of sp³-hybridized carbons (Fsp3) is 0.429. The maximum Gasteiger partial charge on any atom is 0.413 e. The summed E-state index contributed by atoms with van der Waals surface area (Å²) in [6.07, 6.45) is 2.73. The Morgan fingerprint density at radius 1 is 1.47 bits per heavy atom. The number of fused-ring (bicyclic) bond motifs is 1. The standard InChI is InChI=1S/C14H18N2O2S/c1-2-18-14(17)16-13(19)15-12-9-5-7-10-6-3-4-8-11(10)12/h3-4,6,8,12H,2,5,7,9H2,1H3,(H2,15,16,17,19). The molecule has 0 aliphatic heterocycles. The number of rotatable bonds is 2. The summed E-state index contributed by atoms with van der Waals surface area (Å²) in [6.45, 7) is 2.09. The predicted octanol–water partition coefficient (Wildman–Crippen LogP) is 2.68. The number of hydrogen-bond donors (Lipinski definition) is 2. The summed E-state index contributed by atoms with van der Waals surface area (Å²) in [6, 6.07) is 8.50. The van der Waals surface area contributed by atoms with Crippen LogP contribution in [0, 0.1) is 0 Å². The van der Waals surface area contributed by atoms with Crippen LogP contribution >= 0.6 is 12.2 Å². The van der Waals surface area contributed by atoms with E-state index in [2.05, 4.69) is 28.8 Å². The fourth-order valence-corrected chi connectivity index (χ4v) is 2.58. The fourth-order valence-electron chi connectivity index (χ4n) is 2.36. The number of ether oxygens (including phenoxy) is 1. The van der Waals surface area contributed by atoms with E-state index in [9.17, 15) is 4.79 Å². The first-order chi connectivity index (χ1) is 9.20. The summed E-state index contributed by atoms with van der Waals surface area (Å²) >= 11 is 5.13. The van der Waals surface area contributed by atoms with E-state index in [4.69, 9.17) is 17.0 Å². The van der Waals surface area contributed by atoms with Crippen molar-refractivity contribution < 1.29 is 9.53 Å². The number of amides is 1. The molecule has 1 aromatic rings. The second-order valence-electron chi connectivity index (χ2n) is 4.46. The van der Waals surface area contributed by atoms with Crippen molar-refractivity contribution in [2.24, 2.45) is 0 Å². The van der Waals surface area contributed by atoms with Gasteiger partial charge in [-0.1, -0.05) is 24.3 Å². The van der Waals surface area contributed by atoms with Crippen molar-refractivity contribution in [2.75, 3.05) is 6.61 Å². The number of hydrogen-bond acceptors (Lipinski definition) is 3. The second-order valence-corrected chi connectivity index (χ2v) is 4.87. The highest BCUT2D eigenvalue weighted by Gasteiger charge is 2.20. The van der Waals surface area contributed by atoms with Crippen LogP contribution in [0.15, 0.2) is 24.3 Å². The SMILES string of the molecule is CCOC(=O)NC(=S)NC1CCCc2ccccc21. The summed E-state index contributed by atoms with van der Waals surface area (Å²) < 4.78 is 4.79. The Kier molecular flexibility index (Phi) is 4.74. The van der Waals surface area contributed by atoms with E-state index >= 15 is 0 Å². The number of aryl methyl sites for hydroxylation is 1. The molecule has 2 rings (SSSR count). The quantitative estimate of drug-likeness (QED) is 0.817. The van der Waals surface area contributed by atoms with Crippen LogP contribution in [0.25, 0.3) is 0 Å². The molecular weight excluding hydrogens is 260 g/mol. The molecule has 0 spiro atoms. The molecule has 0 saturated carbocycles. The number of carbonyl (C=O) groups excluding carboxylic acids is 1. The van der Waals surface area contributed by atoms with Gasteiger partial charge in [-0.2, -0.15) is 0 Å². The first-order valence-corrected chi connectivity index (χ1v) is 6.93. The van der Waals surface area contributed by atoms with Crippen molar-refractivity contribution >= 4 is 23.4 Å². The molecule has 0 fully saturated rings. The van der Waals surface area contributed by atoms with Gasteiger partial charge < -0.3 is 10.1 Å². The molecule has 0 saturated heterocycles. The lowest BCUT2D eigenvalue weighted by molar-refractivity contribution is 0.157. The summed E-state index contributed by atoms with van der Waals surface area (Å²) in [5.74, 6) is 0. The highest BCUT2D eigenvalue weighted by atomic mass is 32.1. The number of carbonyl (C=O) groups is 1. The van der Waals surface area contributed by atoms with E-state index < -0.39 is 6.09 Å². The van der Waals surface area contributed by atoms with Crippen LogP contribution in [0.2, 0.25) is 0 Å². The molecule has 5 heteroatoms. The van der Waals surface area contributed by atoms with Gasteiger partial charge in [-0.25, -0.2) is 4.79 Å². The Hall–Kier alpha value is -1.62. The molecule has 102 valence electrons. The smallest absolute Gasteiger partial charge is 0.413 e. The molecule has 4 nitrogen and oxygen atoms in total. The Balaban J connectivity index is 1.97. The Morgan fingerprint density at radius 2 is 2.26 bits per heavy atom. The summed E-state index contributed by atoms with van der Waals surface area (Å²) in [7, 11) is 0. The van der Waals surface area contributed by atoms with E-state index in [1.165, 1.54) is 11.1 Å². The Labute approximate surface area is 118 Å². The van der Waals surface area contributed by atoms with E-state index in [-0.39, 0.29) is 6.04 Å². The van der Waals surface area contributed by atoms with Gasteiger partial charge in [-0.3, -0.25) is 5.32 Å². The number of nitrogens with one attached hydrogen (secondary N) is 2. The zero-order valence-corrected chi connectivity index (χ0v) is 11.8. The second kappa shape index (κ2) is 6.52. The van der Waals surface area contributed by atoms with E-state index in [1.54, 1.807) is 6.92 Å². The van der Waals surface area contributed by atoms with Gasteiger partial charge >= 0.3 is 6.09 Å². The topological polar surface area (TPSA) is 50.4 Å². The summed E-state index contributed by atoms with van der Waals surface area (Å²) in [5, 5.41) is 6.02. The van der Waals surface area contributed by atoms with Gasteiger partial charge in [0.05, 0.1) is 12.6 Å². The van der Waals surface area contributed by atoms with Gasteiger partial charge in [0.2, 0.25) is 0 Å². The van der Waals surface area contributed by atoms with Crippen LogP contribution in [-0.4, -0.2) is 17.8 Å². The van der Waals surface area contributed by atoms with E-state index in [0.717, 1.165) is 19.3 Å². The minimum absolute atomic E-state index is 0.166. The van der Waals surface area contributed by atoms with Crippen LogP contribution in [0.3, 0.4) is 0 Å². The molecule has 0 heterocycles. The van der Waals surface area contributed by atoms with Crippen molar-refractivity contribution in [3.8, 4) is 0 Å². The third kappa shape index (κ3) is 3.67. The Bertz CT molecular complexity index is 476. The van der Waals surface area contributed by atoms with Gasteiger partial charge in [0.1, 0.15) is 0 Å². The molecule has 0 aromatic heterocycles. The highest BCUT2D eigenvalue weighted by Crippen LogP contribution is 2.29. The van der Waals surface area contributed by atoms with E-state index in [1.807, 2.05) is 6.07 Å². The molecule has 19 heavy (non-hydrogen) atoms. The third-order valence-corrected chi connectivity index (χ3v) is 3.39. The Morgan fingerprint density at radius 3 is 3.05 bits per heavy atom. The molecule has 1 unspecified atom stereocenters. The van der Waals surface area contributed by atoms with Gasteiger partial charge in [0.25, 0.3) is 0 Å².